The van der Waals surface area contributed by atoms with Gasteiger partial charge in [-0.25, -0.2) is 4.68 Å². The molecule has 7 heteroatoms. The van der Waals surface area contributed by atoms with Crippen LogP contribution in [0.25, 0.3) is 11.3 Å². The van der Waals surface area contributed by atoms with E-state index in [4.69, 9.17) is 0 Å². The Morgan fingerprint density at radius 3 is 2.71 bits per heavy atom. The highest BCUT2D eigenvalue weighted by Crippen LogP contribution is 2.13. The molecule has 1 aliphatic heterocycles. The molecule has 0 radical (unpaired) electrons. The summed E-state index contributed by atoms with van der Waals surface area (Å²) >= 11 is 0. The number of nitrogens with zero attached hydrogens (tertiary/aromatic N) is 2. The Bertz CT molecular complexity index is 801. The molecule has 1 atom stereocenters. The first-order valence-corrected chi connectivity index (χ1v) is 7.84. The van der Waals surface area contributed by atoms with Crippen LogP contribution in [0.1, 0.15) is 12.8 Å². The third-order valence-electron chi connectivity index (χ3n) is 3.87. The Kier molecular flexibility index (Phi) is 4.69. The van der Waals surface area contributed by atoms with E-state index < -0.39 is 6.04 Å². The molecule has 0 aliphatic carbocycles. The number of hydrogen-bond acceptors (Lipinski definition) is 4. The third kappa shape index (κ3) is 3.68. The Labute approximate surface area is 138 Å². The van der Waals surface area contributed by atoms with Crippen molar-refractivity contribution in [3.63, 3.8) is 0 Å². The summed E-state index contributed by atoms with van der Waals surface area (Å²) in [6.45, 7) is 0.544. The summed E-state index contributed by atoms with van der Waals surface area (Å²) in [6, 6.07) is 12.2. The van der Waals surface area contributed by atoms with Gasteiger partial charge in [0.1, 0.15) is 6.04 Å². The molecular weight excluding hydrogens is 308 g/mol. The number of carbonyl (C=O) groups is 2. The van der Waals surface area contributed by atoms with Gasteiger partial charge in [-0.3, -0.25) is 14.4 Å². The van der Waals surface area contributed by atoms with Crippen molar-refractivity contribution in [1.82, 2.24) is 20.4 Å². The molecule has 7 nitrogen and oxygen atoms in total. The van der Waals surface area contributed by atoms with Gasteiger partial charge in [0.15, 0.2) is 0 Å². The highest BCUT2D eigenvalue weighted by Gasteiger charge is 2.26. The van der Waals surface area contributed by atoms with Gasteiger partial charge in [0.25, 0.3) is 5.56 Å². The fourth-order valence-electron chi connectivity index (χ4n) is 2.59. The summed E-state index contributed by atoms with van der Waals surface area (Å²) in [5, 5.41) is 9.67. The van der Waals surface area contributed by atoms with Crippen LogP contribution >= 0.6 is 0 Å². The molecule has 1 saturated heterocycles. The van der Waals surface area contributed by atoms with Crippen LogP contribution in [-0.4, -0.2) is 34.2 Å². The normalized spacial score (nSPS) is 16.7. The fourth-order valence-corrected chi connectivity index (χ4v) is 2.59. The summed E-state index contributed by atoms with van der Waals surface area (Å²) in [5.74, 6) is -0.336. The molecular formula is C17H18N4O3. The van der Waals surface area contributed by atoms with Gasteiger partial charge in [0.05, 0.1) is 12.2 Å². The zero-order valence-electron chi connectivity index (χ0n) is 13.1. The van der Waals surface area contributed by atoms with Crippen LogP contribution < -0.4 is 16.2 Å². The Balaban J connectivity index is 1.62. The monoisotopic (exact) mass is 326 g/mol. The number of aromatic nitrogens is 2. The number of hydrogen-bond donors (Lipinski definition) is 2. The lowest BCUT2D eigenvalue weighted by Gasteiger charge is -2.11. The van der Waals surface area contributed by atoms with E-state index in [1.807, 2.05) is 30.3 Å². The maximum absolute atomic E-state index is 11.9. The second kappa shape index (κ2) is 7.08. The highest BCUT2D eigenvalue weighted by molar-refractivity contribution is 5.90. The van der Waals surface area contributed by atoms with E-state index >= 15 is 0 Å². The van der Waals surface area contributed by atoms with Crippen LogP contribution in [0.3, 0.4) is 0 Å². The quantitative estimate of drug-likeness (QED) is 0.827. The van der Waals surface area contributed by atoms with Gasteiger partial charge in [0, 0.05) is 24.6 Å². The Hall–Kier alpha value is -2.96. The van der Waals surface area contributed by atoms with Crippen molar-refractivity contribution in [3.8, 4) is 11.3 Å². The maximum Gasteiger partial charge on any atom is 0.266 e. The number of carbonyl (C=O) groups excluding carboxylic acids is 2. The smallest absolute Gasteiger partial charge is 0.266 e. The minimum atomic E-state index is -0.474. The van der Waals surface area contributed by atoms with Crippen LogP contribution in [-0.2, 0) is 16.1 Å². The van der Waals surface area contributed by atoms with Crippen molar-refractivity contribution in [1.29, 1.82) is 0 Å². The SMILES string of the molecule is O=C1CCC(C(=O)NCCn2nc(-c3ccccc3)ccc2=O)N1. The van der Waals surface area contributed by atoms with Gasteiger partial charge in [-0.15, -0.1) is 0 Å². The molecule has 0 saturated carbocycles. The number of rotatable bonds is 5. The van der Waals surface area contributed by atoms with Gasteiger partial charge in [-0.05, 0) is 12.5 Å². The molecule has 0 bridgehead atoms. The molecule has 124 valence electrons. The molecule has 1 fully saturated rings. The van der Waals surface area contributed by atoms with Crippen LogP contribution in [0.4, 0.5) is 0 Å². The summed E-state index contributed by atoms with van der Waals surface area (Å²) in [6.07, 6.45) is 0.880. The number of benzene rings is 1. The van der Waals surface area contributed by atoms with Gasteiger partial charge >= 0.3 is 0 Å². The van der Waals surface area contributed by atoms with Crippen molar-refractivity contribution in [2.75, 3.05) is 6.54 Å². The summed E-state index contributed by atoms with van der Waals surface area (Å²) in [5.41, 5.74) is 1.40. The molecule has 1 unspecified atom stereocenters. The second-order valence-electron chi connectivity index (χ2n) is 5.60. The average molecular weight is 326 g/mol. The summed E-state index contributed by atoms with van der Waals surface area (Å²) in [7, 11) is 0. The number of amides is 2. The van der Waals surface area contributed by atoms with Crippen molar-refractivity contribution in [2.24, 2.45) is 0 Å². The van der Waals surface area contributed by atoms with E-state index in [0.29, 0.717) is 18.5 Å². The minimum Gasteiger partial charge on any atom is -0.352 e. The molecule has 1 aliphatic rings. The van der Waals surface area contributed by atoms with Crippen LogP contribution in [0.2, 0.25) is 0 Å². The molecule has 1 aromatic carbocycles. The summed E-state index contributed by atoms with van der Waals surface area (Å²) in [4.78, 5) is 35.0. The lowest BCUT2D eigenvalue weighted by atomic mass is 10.1. The molecule has 2 amide bonds. The van der Waals surface area contributed by atoms with Crippen LogP contribution in [0.15, 0.2) is 47.3 Å². The zero-order valence-corrected chi connectivity index (χ0v) is 13.1. The first-order valence-electron chi connectivity index (χ1n) is 7.84. The zero-order chi connectivity index (χ0) is 16.9. The van der Waals surface area contributed by atoms with Gasteiger partial charge < -0.3 is 10.6 Å². The summed E-state index contributed by atoms with van der Waals surface area (Å²) < 4.78 is 1.33. The molecule has 2 N–H and O–H groups in total. The van der Waals surface area contributed by atoms with Gasteiger partial charge in [-0.1, -0.05) is 30.3 Å². The van der Waals surface area contributed by atoms with E-state index in [2.05, 4.69) is 15.7 Å². The highest BCUT2D eigenvalue weighted by atomic mass is 16.2. The first kappa shape index (κ1) is 15.9. The molecule has 0 spiro atoms. The molecule has 1 aromatic heterocycles. The largest absolute Gasteiger partial charge is 0.352 e. The lowest BCUT2D eigenvalue weighted by molar-refractivity contribution is -0.125. The predicted octanol–water partition coefficient (Wildman–Crippen LogP) is 0.305. The van der Waals surface area contributed by atoms with E-state index in [-0.39, 0.29) is 30.5 Å². The predicted molar refractivity (Wildman–Crippen MR) is 88.1 cm³/mol. The van der Waals surface area contributed by atoms with E-state index in [9.17, 15) is 14.4 Å². The maximum atomic E-state index is 11.9. The van der Waals surface area contributed by atoms with Gasteiger partial charge in [0.2, 0.25) is 11.8 Å². The molecule has 3 rings (SSSR count). The van der Waals surface area contributed by atoms with E-state index in [0.717, 1.165) is 5.56 Å². The Morgan fingerprint density at radius 2 is 2.00 bits per heavy atom. The molecule has 2 heterocycles. The molecule has 24 heavy (non-hydrogen) atoms. The topological polar surface area (TPSA) is 93.1 Å². The van der Waals surface area contributed by atoms with Crippen molar-refractivity contribution < 1.29 is 9.59 Å². The fraction of sp³-hybridized carbons (Fsp3) is 0.294. The van der Waals surface area contributed by atoms with E-state index in [1.54, 1.807) is 6.07 Å². The van der Waals surface area contributed by atoms with Crippen molar-refractivity contribution in [2.45, 2.75) is 25.4 Å². The Morgan fingerprint density at radius 1 is 1.21 bits per heavy atom. The first-order chi connectivity index (χ1) is 11.6. The average Bonchev–Trinajstić information content (AvgIpc) is 3.04. The van der Waals surface area contributed by atoms with Crippen molar-refractivity contribution >= 4 is 11.8 Å². The second-order valence-corrected chi connectivity index (χ2v) is 5.60. The third-order valence-corrected chi connectivity index (χ3v) is 3.87. The van der Waals surface area contributed by atoms with E-state index in [1.165, 1.54) is 10.7 Å². The standard InChI is InChI=1S/C17H18N4O3/c22-15-8-6-14(19-15)17(24)18-10-11-21-16(23)9-7-13(20-21)12-4-2-1-3-5-12/h1-5,7,9,14H,6,8,10-11H2,(H,18,24)(H,19,22). The van der Waals surface area contributed by atoms with Crippen LogP contribution in [0, 0.1) is 0 Å². The lowest BCUT2D eigenvalue weighted by Crippen LogP contribution is -2.43. The minimum absolute atomic E-state index is 0.108. The number of nitrogens with one attached hydrogen (secondary N) is 2. The van der Waals surface area contributed by atoms with Crippen molar-refractivity contribution in [3.05, 3.63) is 52.8 Å². The van der Waals surface area contributed by atoms with Crippen LogP contribution in [0.5, 0.6) is 0 Å². The molecule has 2 aromatic rings. The van der Waals surface area contributed by atoms with Gasteiger partial charge in [-0.2, -0.15) is 5.10 Å².